The van der Waals surface area contributed by atoms with Crippen LogP contribution in [0.15, 0.2) is 109 Å². The molecule has 2 aliphatic rings. The van der Waals surface area contributed by atoms with Crippen LogP contribution < -0.4 is 14.7 Å². The van der Waals surface area contributed by atoms with Gasteiger partial charge in [-0.05, 0) is 66.6 Å². The van der Waals surface area contributed by atoms with Gasteiger partial charge in [-0.3, -0.25) is 19.2 Å². The first kappa shape index (κ1) is 24.6. The Kier molecular flexibility index (Phi) is 6.42. The maximum Gasteiger partial charge on any atom is 0.266 e. The van der Waals surface area contributed by atoms with Crippen molar-refractivity contribution in [1.29, 1.82) is 0 Å². The van der Waals surface area contributed by atoms with Crippen LogP contribution in [0.4, 0.5) is 11.4 Å². The van der Waals surface area contributed by atoms with Crippen molar-refractivity contribution in [3.63, 3.8) is 0 Å². The van der Waals surface area contributed by atoms with Gasteiger partial charge in [0.15, 0.2) is 11.9 Å². The summed E-state index contributed by atoms with van der Waals surface area (Å²) in [7, 11) is 0. The highest BCUT2D eigenvalue weighted by molar-refractivity contribution is 6.24. The van der Waals surface area contributed by atoms with E-state index in [9.17, 15) is 14.4 Å². The van der Waals surface area contributed by atoms with E-state index in [1.807, 2.05) is 84.9 Å². The summed E-state index contributed by atoms with van der Waals surface area (Å²) in [6.45, 7) is 1.91. The van der Waals surface area contributed by atoms with Crippen LogP contribution in [0.5, 0.6) is 5.75 Å². The Labute approximate surface area is 226 Å². The topological polar surface area (TPSA) is 76.2 Å². The van der Waals surface area contributed by atoms with Crippen LogP contribution in [-0.4, -0.2) is 23.7 Å². The van der Waals surface area contributed by atoms with Gasteiger partial charge < -0.3 is 4.74 Å². The van der Waals surface area contributed by atoms with Crippen molar-refractivity contribution in [1.82, 2.24) is 0 Å². The summed E-state index contributed by atoms with van der Waals surface area (Å²) >= 11 is 0. The number of Topliss-reactive ketones (excluding diaryl/α,β-unsaturated/α-hetero) is 1. The molecular formula is C32H26N2O5. The number of imide groups is 1. The zero-order valence-corrected chi connectivity index (χ0v) is 21.3. The minimum absolute atomic E-state index is 0.0874. The maximum atomic E-state index is 13.8. The van der Waals surface area contributed by atoms with Crippen LogP contribution in [0.3, 0.4) is 0 Å². The Morgan fingerprint density at radius 1 is 0.769 bits per heavy atom. The highest BCUT2D eigenvalue weighted by atomic mass is 16.7. The molecule has 2 saturated heterocycles. The number of hydrogen-bond acceptors (Lipinski definition) is 6. The Balaban J connectivity index is 1.30. The normalized spacial score (nSPS) is 20.3. The quantitative estimate of drug-likeness (QED) is 0.237. The summed E-state index contributed by atoms with van der Waals surface area (Å²) in [6.07, 6.45) is -0.968. The Hall–Kier alpha value is -4.75. The Bertz CT molecular complexity index is 1500. The standard InChI is InChI=1S/C32H26N2O5/c1-21(35)23-12-16-25(17-13-23)33-31(36)28-29(34(39-30(28)32(33)37)26-10-6-3-7-11-26)24-14-18-27(19-15-24)38-20-22-8-4-2-5-9-22/h2-19,28-30H,20H2,1H3/t28-,29-,30-/m0/s1. The summed E-state index contributed by atoms with van der Waals surface area (Å²) in [5.74, 6) is -0.901. The molecule has 194 valence electrons. The molecule has 4 aromatic rings. The van der Waals surface area contributed by atoms with Crippen molar-refractivity contribution >= 4 is 29.0 Å². The Morgan fingerprint density at radius 3 is 2.05 bits per heavy atom. The van der Waals surface area contributed by atoms with Crippen LogP contribution in [-0.2, 0) is 21.0 Å². The molecule has 0 radical (unpaired) electrons. The lowest BCUT2D eigenvalue weighted by molar-refractivity contribution is -0.126. The Morgan fingerprint density at radius 2 is 1.41 bits per heavy atom. The van der Waals surface area contributed by atoms with Crippen molar-refractivity contribution < 1.29 is 24.0 Å². The summed E-state index contributed by atoms with van der Waals surface area (Å²) < 4.78 is 5.95. The van der Waals surface area contributed by atoms with Gasteiger partial charge in [-0.15, -0.1) is 0 Å². The minimum atomic E-state index is -0.968. The third kappa shape index (κ3) is 4.57. The van der Waals surface area contributed by atoms with Gasteiger partial charge in [0.05, 0.1) is 17.4 Å². The lowest BCUT2D eigenvalue weighted by Gasteiger charge is -2.29. The third-order valence-corrected chi connectivity index (χ3v) is 7.13. The van der Waals surface area contributed by atoms with Crippen LogP contribution in [0, 0.1) is 5.92 Å². The SMILES string of the molecule is CC(=O)c1ccc(N2C(=O)[C@@H]3[C@H](ON(c4ccccc4)[C@H]3c3ccc(OCc4ccccc4)cc3)C2=O)cc1. The lowest BCUT2D eigenvalue weighted by atomic mass is 9.90. The van der Waals surface area contributed by atoms with E-state index in [0.29, 0.717) is 23.6 Å². The predicted octanol–water partition coefficient (Wildman–Crippen LogP) is 5.52. The van der Waals surface area contributed by atoms with E-state index in [1.165, 1.54) is 11.8 Å². The molecule has 0 unspecified atom stereocenters. The maximum absolute atomic E-state index is 13.8. The fraction of sp³-hybridized carbons (Fsp3) is 0.156. The first-order chi connectivity index (χ1) is 19.0. The number of nitrogens with zero attached hydrogens (tertiary/aromatic N) is 2. The van der Waals surface area contributed by atoms with E-state index < -0.39 is 24.0 Å². The van der Waals surface area contributed by atoms with Crippen LogP contribution in [0.1, 0.15) is 34.5 Å². The minimum Gasteiger partial charge on any atom is -0.489 e. The highest BCUT2D eigenvalue weighted by Crippen LogP contribution is 2.47. The second kappa shape index (κ2) is 10.2. The van der Waals surface area contributed by atoms with E-state index in [2.05, 4.69) is 0 Å². The van der Waals surface area contributed by atoms with Crippen molar-refractivity contribution in [3.8, 4) is 5.75 Å². The number of carbonyl (C=O) groups excluding carboxylic acids is 3. The molecule has 2 heterocycles. The molecular weight excluding hydrogens is 492 g/mol. The van der Waals surface area contributed by atoms with Crippen molar-refractivity contribution in [2.24, 2.45) is 5.92 Å². The number of ketones is 1. The van der Waals surface area contributed by atoms with Gasteiger partial charge in [-0.2, -0.15) is 0 Å². The first-order valence-electron chi connectivity index (χ1n) is 12.8. The van der Waals surface area contributed by atoms with Gasteiger partial charge >= 0.3 is 0 Å². The van der Waals surface area contributed by atoms with E-state index in [4.69, 9.17) is 9.57 Å². The first-order valence-corrected chi connectivity index (χ1v) is 12.8. The number of hydroxylamine groups is 1. The number of anilines is 2. The zero-order chi connectivity index (χ0) is 26.9. The number of hydrogen-bond donors (Lipinski definition) is 0. The zero-order valence-electron chi connectivity index (χ0n) is 21.3. The largest absolute Gasteiger partial charge is 0.489 e. The number of ether oxygens (including phenoxy) is 1. The monoisotopic (exact) mass is 518 g/mol. The second-order valence-electron chi connectivity index (χ2n) is 9.62. The molecule has 0 aliphatic carbocycles. The number of rotatable bonds is 7. The lowest BCUT2D eigenvalue weighted by Crippen LogP contribution is -2.37. The molecule has 4 aromatic carbocycles. The molecule has 2 amide bonds. The molecule has 0 bridgehead atoms. The number of fused-ring (bicyclic) bond motifs is 1. The van der Waals surface area contributed by atoms with Crippen molar-refractivity contribution in [3.05, 3.63) is 126 Å². The van der Waals surface area contributed by atoms with E-state index >= 15 is 0 Å². The molecule has 0 N–H and O–H groups in total. The summed E-state index contributed by atoms with van der Waals surface area (Å²) in [5, 5.41) is 1.67. The number of carbonyl (C=O) groups is 3. The molecule has 7 nitrogen and oxygen atoms in total. The number of amides is 2. The van der Waals surface area contributed by atoms with E-state index in [1.54, 1.807) is 29.3 Å². The van der Waals surface area contributed by atoms with Crippen LogP contribution in [0.2, 0.25) is 0 Å². The fourth-order valence-electron chi connectivity index (χ4n) is 5.15. The molecule has 0 saturated carbocycles. The predicted molar refractivity (Wildman–Crippen MR) is 146 cm³/mol. The average molecular weight is 519 g/mol. The van der Waals surface area contributed by atoms with Gasteiger partial charge in [0.2, 0.25) is 5.91 Å². The van der Waals surface area contributed by atoms with Crippen molar-refractivity contribution in [2.75, 3.05) is 9.96 Å². The van der Waals surface area contributed by atoms with Gasteiger partial charge in [0.1, 0.15) is 18.3 Å². The van der Waals surface area contributed by atoms with Crippen molar-refractivity contribution in [2.45, 2.75) is 25.7 Å². The van der Waals surface area contributed by atoms with E-state index in [0.717, 1.165) is 16.8 Å². The van der Waals surface area contributed by atoms with Gasteiger partial charge in [0.25, 0.3) is 5.91 Å². The van der Waals surface area contributed by atoms with Gasteiger partial charge in [-0.25, -0.2) is 9.96 Å². The summed E-state index contributed by atoms with van der Waals surface area (Å²) in [5.41, 5.74) is 3.57. The molecule has 3 atom stereocenters. The van der Waals surface area contributed by atoms with Crippen LogP contribution >= 0.6 is 0 Å². The number of para-hydroxylation sites is 1. The smallest absolute Gasteiger partial charge is 0.266 e. The number of benzene rings is 4. The van der Waals surface area contributed by atoms with Crippen LogP contribution in [0.25, 0.3) is 0 Å². The third-order valence-electron chi connectivity index (χ3n) is 7.13. The molecule has 7 heteroatoms. The molecule has 39 heavy (non-hydrogen) atoms. The van der Waals surface area contributed by atoms with Gasteiger partial charge in [0, 0.05) is 5.56 Å². The highest BCUT2D eigenvalue weighted by Gasteiger charge is 2.60. The average Bonchev–Trinajstić information content (AvgIpc) is 3.49. The molecule has 0 aromatic heterocycles. The fourth-order valence-corrected chi connectivity index (χ4v) is 5.15. The summed E-state index contributed by atoms with van der Waals surface area (Å²) in [4.78, 5) is 46.4. The second-order valence-corrected chi connectivity index (χ2v) is 9.62. The van der Waals surface area contributed by atoms with Gasteiger partial charge in [-0.1, -0.05) is 60.7 Å². The molecule has 6 rings (SSSR count). The molecule has 2 fully saturated rings. The molecule has 0 spiro atoms. The van der Waals surface area contributed by atoms with E-state index in [-0.39, 0.29) is 11.7 Å². The summed E-state index contributed by atoms with van der Waals surface area (Å²) in [6, 6.07) is 32.9. The molecule has 2 aliphatic heterocycles.